The molecular weight excluding hydrogens is 435 g/mol. The van der Waals surface area contributed by atoms with Crippen molar-refractivity contribution in [2.45, 2.75) is 45.2 Å². The highest BCUT2D eigenvalue weighted by atomic mass is 127. The molecule has 0 amide bonds. The molecule has 2 fully saturated rings. The number of carbonyl (C=O) groups excluding carboxylic acids is 1. The summed E-state index contributed by atoms with van der Waals surface area (Å²) in [6, 6.07) is 0.531. The molecule has 2 aliphatic rings. The van der Waals surface area contributed by atoms with E-state index in [4.69, 9.17) is 9.73 Å². The van der Waals surface area contributed by atoms with Gasteiger partial charge in [0.2, 0.25) is 0 Å². The summed E-state index contributed by atoms with van der Waals surface area (Å²) in [5.41, 5.74) is 0. The molecule has 0 aromatic carbocycles. The fraction of sp³-hybridized carbons (Fsp3) is 0.750. The van der Waals surface area contributed by atoms with Crippen LogP contribution in [0.25, 0.3) is 0 Å². The lowest BCUT2D eigenvalue weighted by Gasteiger charge is -2.33. The van der Waals surface area contributed by atoms with Crippen molar-refractivity contribution in [3.8, 4) is 0 Å². The number of rotatable bonds is 4. The number of esters is 1. The molecule has 25 heavy (non-hydrogen) atoms. The van der Waals surface area contributed by atoms with Crippen molar-refractivity contribution in [3.63, 3.8) is 0 Å². The van der Waals surface area contributed by atoms with E-state index in [0.717, 1.165) is 43.5 Å². The van der Waals surface area contributed by atoms with E-state index < -0.39 is 0 Å². The van der Waals surface area contributed by atoms with E-state index in [1.807, 2.05) is 18.5 Å². The predicted octanol–water partition coefficient (Wildman–Crippen LogP) is 1.23. The number of aryl methyl sites for hydroxylation is 1. The molecule has 1 aromatic heterocycles. The quantitative estimate of drug-likeness (QED) is 0.314. The van der Waals surface area contributed by atoms with Crippen LogP contribution in [0.15, 0.2) is 4.99 Å². The number of methoxy groups -OCH3 is 1. The van der Waals surface area contributed by atoms with Crippen molar-refractivity contribution in [2.75, 3.05) is 20.2 Å². The molecule has 0 spiro atoms. The topological polar surface area (TPSA) is 84.6 Å². The molecule has 1 aromatic rings. The average Bonchev–Trinajstić information content (AvgIpc) is 3.37. The average molecular weight is 462 g/mol. The van der Waals surface area contributed by atoms with Crippen molar-refractivity contribution in [3.05, 3.63) is 11.6 Å². The third kappa shape index (κ3) is 5.05. The molecule has 0 atom stereocenters. The Morgan fingerprint density at radius 1 is 1.28 bits per heavy atom. The summed E-state index contributed by atoms with van der Waals surface area (Å²) in [5.74, 6) is 2.57. The molecule has 1 aliphatic carbocycles. The van der Waals surface area contributed by atoms with Gasteiger partial charge in [-0.15, -0.1) is 34.2 Å². The Balaban J connectivity index is 0.00000225. The zero-order valence-electron chi connectivity index (χ0n) is 15.1. The first-order valence-electron chi connectivity index (χ1n) is 8.57. The van der Waals surface area contributed by atoms with E-state index in [1.165, 1.54) is 20.0 Å². The number of piperidine rings is 1. The molecule has 2 heterocycles. The SMILES string of the molecule is COC(=O)C1CCN(C(=NCc2nnc(C)n2C)NC2CC2)CC1.I. The van der Waals surface area contributed by atoms with Crippen molar-refractivity contribution < 1.29 is 9.53 Å². The van der Waals surface area contributed by atoms with Gasteiger partial charge in [-0.25, -0.2) is 4.99 Å². The van der Waals surface area contributed by atoms with Crippen LogP contribution in [0.4, 0.5) is 0 Å². The Morgan fingerprint density at radius 3 is 2.48 bits per heavy atom. The number of hydrogen-bond donors (Lipinski definition) is 1. The van der Waals surface area contributed by atoms with Crippen LogP contribution in [0, 0.1) is 12.8 Å². The molecule has 0 radical (unpaired) electrons. The predicted molar refractivity (Wildman–Crippen MR) is 105 cm³/mol. The van der Waals surface area contributed by atoms with Gasteiger partial charge in [-0.3, -0.25) is 4.79 Å². The van der Waals surface area contributed by atoms with E-state index in [0.29, 0.717) is 12.6 Å². The number of nitrogens with zero attached hydrogens (tertiary/aromatic N) is 5. The molecule has 9 heteroatoms. The van der Waals surface area contributed by atoms with Gasteiger partial charge in [0.1, 0.15) is 12.4 Å². The summed E-state index contributed by atoms with van der Waals surface area (Å²) >= 11 is 0. The standard InChI is InChI=1S/C16H26N6O2.HI/c1-11-19-20-14(21(11)2)10-17-16(18-13-4-5-13)22-8-6-12(7-9-22)15(23)24-3;/h12-13H,4-10H2,1-3H3,(H,17,18);1H. The van der Waals surface area contributed by atoms with Crippen molar-refractivity contribution in [1.82, 2.24) is 25.0 Å². The van der Waals surface area contributed by atoms with Gasteiger partial charge in [-0.1, -0.05) is 0 Å². The van der Waals surface area contributed by atoms with Crippen LogP contribution in [-0.4, -0.2) is 57.8 Å². The van der Waals surface area contributed by atoms with Crippen LogP contribution >= 0.6 is 24.0 Å². The van der Waals surface area contributed by atoms with Crippen molar-refractivity contribution in [2.24, 2.45) is 18.0 Å². The van der Waals surface area contributed by atoms with Gasteiger partial charge in [-0.05, 0) is 32.6 Å². The second-order valence-electron chi connectivity index (χ2n) is 6.57. The van der Waals surface area contributed by atoms with E-state index in [1.54, 1.807) is 0 Å². The fourth-order valence-corrected chi connectivity index (χ4v) is 2.88. The van der Waals surface area contributed by atoms with Gasteiger partial charge in [0.25, 0.3) is 0 Å². The number of ether oxygens (including phenoxy) is 1. The Kier molecular flexibility index (Phi) is 7.03. The van der Waals surface area contributed by atoms with Gasteiger partial charge in [0, 0.05) is 26.2 Å². The van der Waals surface area contributed by atoms with Gasteiger partial charge in [0.05, 0.1) is 13.0 Å². The molecule has 8 nitrogen and oxygen atoms in total. The Bertz CT molecular complexity index is 620. The molecule has 140 valence electrons. The maximum Gasteiger partial charge on any atom is 0.308 e. The summed E-state index contributed by atoms with van der Waals surface area (Å²) in [6.07, 6.45) is 4.00. The highest BCUT2D eigenvalue weighted by Gasteiger charge is 2.30. The van der Waals surface area contributed by atoms with Gasteiger partial charge in [0.15, 0.2) is 11.8 Å². The first-order valence-corrected chi connectivity index (χ1v) is 8.57. The summed E-state index contributed by atoms with van der Waals surface area (Å²) in [6.45, 7) is 4.07. The molecule has 0 bridgehead atoms. The second-order valence-corrected chi connectivity index (χ2v) is 6.57. The van der Waals surface area contributed by atoms with Crippen LogP contribution in [0.1, 0.15) is 37.3 Å². The summed E-state index contributed by atoms with van der Waals surface area (Å²) in [7, 11) is 3.41. The molecule has 1 saturated carbocycles. The normalized spacial score (nSPS) is 18.7. The molecule has 3 rings (SSSR count). The minimum atomic E-state index is -0.0992. The number of likely N-dealkylation sites (tertiary alicyclic amines) is 1. The Morgan fingerprint density at radius 2 is 1.96 bits per heavy atom. The molecule has 1 saturated heterocycles. The third-order valence-corrected chi connectivity index (χ3v) is 4.79. The fourth-order valence-electron chi connectivity index (χ4n) is 2.88. The summed E-state index contributed by atoms with van der Waals surface area (Å²) in [5, 5.41) is 11.8. The van der Waals surface area contributed by atoms with Crippen LogP contribution in [0.3, 0.4) is 0 Å². The van der Waals surface area contributed by atoms with Crippen LogP contribution in [0.5, 0.6) is 0 Å². The first-order chi connectivity index (χ1) is 11.6. The van der Waals surface area contributed by atoms with Gasteiger partial charge in [-0.2, -0.15) is 0 Å². The molecular formula is C16H27IN6O2. The van der Waals surface area contributed by atoms with Crippen molar-refractivity contribution in [1.29, 1.82) is 0 Å². The van der Waals surface area contributed by atoms with Gasteiger partial charge < -0.3 is 19.5 Å². The number of nitrogens with one attached hydrogen (secondary N) is 1. The van der Waals surface area contributed by atoms with Crippen LogP contribution < -0.4 is 5.32 Å². The highest BCUT2D eigenvalue weighted by Crippen LogP contribution is 2.22. The third-order valence-electron chi connectivity index (χ3n) is 4.79. The number of hydrogen-bond acceptors (Lipinski definition) is 5. The van der Waals surface area contributed by atoms with Crippen molar-refractivity contribution >= 4 is 35.9 Å². The van der Waals surface area contributed by atoms with Gasteiger partial charge >= 0.3 is 5.97 Å². The van der Waals surface area contributed by atoms with Crippen LogP contribution in [0.2, 0.25) is 0 Å². The molecule has 1 aliphatic heterocycles. The number of aliphatic imine (C=N–C) groups is 1. The molecule has 1 N–H and O–H groups in total. The Hall–Kier alpha value is -1.39. The van der Waals surface area contributed by atoms with Crippen LogP contribution in [-0.2, 0) is 23.1 Å². The summed E-state index contributed by atoms with van der Waals surface area (Å²) < 4.78 is 6.82. The lowest BCUT2D eigenvalue weighted by Crippen LogP contribution is -2.47. The zero-order valence-corrected chi connectivity index (χ0v) is 17.4. The highest BCUT2D eigenvalue weighted by molar-refractivity contribution is 14.0. The monoisotopic (exact) mass is 462 g/mol. The van der Waals surface area contributed by atoms with E-state index >= 15 is 0 Å². The second kappa shape index (κ2) is 8.81. The number of halogens is 1. The minimum Gasteiger partial charge on any atom is -0.469 e. The van der Waals surface area contributed by atoms with E-state index in [9.17, 15) is 4.79 Å². The minimum absolute atomic E-state index is 0. The largest absolute Gasteiger partial charge is 0.469 e. The van der Waals surface area contributed by atoms with E-state index in [2.05, 4.69) is 20.4 Å². The smallest absolute Gasteiger partial charge is 0.308 e. The number of guanidine groups is 1. The zero-order chi connectivity index (χ0) is 17.1. The lowest BCUT2D eigenvalue weighted by molar-refractivity contribution is -0.146. The van der Waals surface area contributed by atoms with E-state index in [-0.39, 0.29) is 35.9 Å². The lowest BCUT2D eigenvalue weighted by atomic mass is 9.97. The first kappa shape index (κ1) is 19.9. The number of carbonyl (C=O) groups is 1. The maximum absolute atomic E-state index is 11.7. The number of aromatic nitrogens is 3. The maximum atomic E-state index is 11.7. The molecule has 0 unspecified atom stereocenters. The Labute approximate surface area is 165 Å². The summed E-state index contributed by atoms with van der Waals surface area (Å²) in [4.78, 5) is 18.7.